The van der Waals surface area contributed by atoms with Crippen LogP contribution < -0.4 is 0 Å². The van der Waals surface area contributed by atoms with E-state index in [1.807, 2.05) is 6.92 Å². The molecule has 0 saturated carbocycles. The highest BCUT2D eigenvalue weighted by atomic mass is 32.2. The summed E-state index contributed by atoms with van der Waals surface area (Å²) in [5.41, 5.74) is 0.633. The lowest BCUT2D eigenvalue weighted by Crippen LogP contribution is -2.02. The van der Waals surface area contributed by atoms with Crippen molar-refractivity contribution in [1.82, 2.24) is 0 Å². The summed E-state index contributed by atoms with van der Waals surface area (Å²) in [7, 11) is 0. The van der Waals surface area contributed by atoms with E-state index in [0.29, 0.717) is 17.1 Å². The Morgan fingerprint density at radius 3 is 2.38 bits per heavy atom. The molecule has 1 atom stereocenters. The van der Waals surface area contributed by atoms with Crippen LogP contribution in [-0.4, -0.2) is 17.3 Å². The molecule has 4 heteroatoms. The fourth-order valence-electron chi connectivity index (χ4n) is 1.34. The van der Waals surface area contributed by atoms with E-state index in [-0.39, 0.29) is 11.7 Å². The lowest BCUT2D eigenvalue weighted by molar-refractivity contribution is -0.114. The Morgan fingerprint density at radius 2 is 1.88 bits per heavy atom. The fraction of sp³-hybridized carbons (Fsp3) is 0.417. The smallest absolute Gasteiger partial charge is 0.139 e. The van der Waals surface area contributed by atoms with Crippen molar-refractivity contribution >= 4 is 17.5 Å². The average molecular weight is 244 g/mol. The van der Waals surface area contributed by atoms with Crippen molar-refractivity contribution in [1.29, 1.82) is 0 Å². The highest BCUT2D eigenvalue weighted by molar-refractivity contribution is 7.99. The van der Waals surface area contributed by atoms with Crippen molar-refractivity contribution in [3.05, 3.63) is 35.4 Å². The monoisotopic (exact) mass is 244 g/mol. The van der Waals surface area contributed by atoms with E-state index in [9.17, 15) is 13.6 Å². The number of benzene rings is 1. The van der Waals surface area contributed by atoms with E-state index >= 15 is 0 Å². The molecule has 88 valence electrons. The Balaban J connectivity index is 2.58. The molecular weight excluding hydrogens is 230 g/mol. The van der Waals surface area contributed by atoms with Gasteiger partial charge in [0.1, 0.15) is 17.4 Å². The van der Waals surface area contributed by atoms with Crippen molar-refractivity contribution in [3.8, 4) is 0 Å². The molecule has 1 nitrogen and oxygen atoms in total. The first-order chi connectivity index (χ1) is 7.49. The minimum absolute atomic E-state index is 0.0366. The molecule has 1 aromatic rings. The number of rotatable bonds is 5. The van der Waals surface area contributed by atoms with Crippen LogP contribution in [-0.2, 0) is 4.79 Å². The minimum atomic E-state index is -0.557. The summed E-state index contributed by atoms with van der Waals surface area (Å²) in [6, 6.07) is 3.53. The zero-order valence-corrected chi connectivity index (χ0v) is 10.1. The van der Waals surface area contributed by atoms with Gasteiger partial charge in [0.15, 0.2) is 0 Å². The van der Waals surface area contributed by atoms with Crippen molar-refractivity contribution in [2.24, 2.45) is 0 Å². The molecule has 16 heavy (non-hydrogen) atoms. The predicted octanol–water partition coefficient (Wildman–Crippen LogP) is 3.39. The molecule has 1 unspecified atom stereocenters. The summed E-state index contributed by atoms with van der Waals surface area (Å²) in [5, 5.41) is 0. The highest BCUT2D eigenvalue weighted by Crippen LogP contribution is 2.22. The van der Waals surface area contributed by atoms with E-state index in [2.05, 4.69) is 0 Å². The topological polar surface area (TPSA) is 17.1 Å². The fourth-order valence-corrected chi connectivity index (χ4v) is 2.29. The Morgan fingerprint density at radius 1 is 1.31 bits per heavy atom. The quantitative estimate of drug-likeness (QED) is 0.789. The predicted molar refractivity (Wildman–Crippen MR) is 62.8 cm³/mol. The van der Waals surface area contributed by atoms with Gasteiger partial charge in [0.2, 0.25) is 0 Å². The SMILES string of the molecule is CC(=O)CSCC(C)c1cc(F)cc(F)c1. The first-order valence-corrected chi connectivity index (χ1v) is 6.17. The van der Waals surface area contributed by atoms with Crippen LogP contribution in [0.15, 0.2) is 18.2 Å². The van der Waals surface area contributed by atoms with Gasteiger partial charge in [0.25, 0.3) is 0 Å². The number of hydrogen-bond donors (Lipinski definition) is 0. The maximum Gasteiger partial charge on any atom is 0.139 e. The van der Waals surface area contributed by atoms with Gasteiger partial charge in [0.05, 0.1) is 5.75 Å². The molecule has 0 spiro atoms. The highest BCUT2D eigenvalue weighted by Gasteiger charge is 2.09. The van der Waals surface area contributed by atoms with Gasteiger partial charge in [-0.15, -0.1) is 0 Å². The zero-order chi connectivity index (χ0) is 12.1. The van der Waals surface area contributed by atoms with Crippen LogP contribution in [0, 0.1) is 11.6 Å². The number of ketones is 1. The summed E-state index contributed by atoms with van der Waals surface area (Å²) < 4.78 is 25.9. The molecule has 0 amide bonds. The van der Waals surface area contributed by atoms with Crippen LogP contribution in [0.2, 0.25) is 0 Å². The third kappa shape index (κ3) is 4.31. The zero-order valence-electron chi connectivity index (χ0n) is 9.30. The van der Waals surface area contributed by atoms with Gasteiger partial charge in [-0.1, -0.05) is 6.92 Å². The lowest BCUT2D eigenvalue weighted by atomic mass is 10.0. The Kier molecular flexibility index (Phi) is 4.93. The first-order valence-electron chi connectivity index (χ1n) is 5.02. The molecular formula is C12H14F2OS. The molecule has 0 bridgehead atoms. The summed E-state index contributed by atoms with van der Waals surface area (Å²) >= 11 is 1.48. The Bertz CT molecular complexity index is 359. The average Bonchev–Trinajstić information content (AvgIpc) is 2.15. The van der Waals surface area contributed by atoms with Crippen molar-refractivity contribution < 1.29 is 13.6 Å². The van der Waals surface area contributed by atoms with Gasteiger partial charge < -0.3 is 0 Å². The number of hydrogen-bond acceptors (Lipinski definition) is 2. The Hall–Kier alpha value is -0.900. The van der Waals surface area contributed by atoms with Gasteiger partial charge in [-0.3, -0.25) is 4.79 Å². The van der Waals surface area contributed by atoms with Gasteiger partial charge in [-0.2, -0.15) is 11.8 Å². The lowest BCUT2D eigenvalue weighted by Gasteiger charge is -2.11. The molecule has 0 aliphatic heterocycles. The summed E-state index contributed by atoms with van der Waals surface area (Å²) in [6.45, 7) is 3.42. The third-order valence-corrected chi connectivity index (χ3v) is 3.47. The number of thioether (sulfide) groups is 1. The molecule has 0 aromatic heterocycles. The van der Waals surface area contributed by atoms with Crippen molar-refractivity contribution in [2.75, 3.05) is 11.5 Å². The molecule has 0 aliphatic carbocycles. The normalized spacial score (nSPS) is 12.5. The third-order valence-electron chi connectivity index (χ3n) is 2.13. The van der Waals surface area contributed by atoms with Gasteiger partial charge in [-0.05, 0) is 30.5 Å². The molecule has 0 saturated heterocycles. The van der Waals surface area contributed by atoms with E-state index in [1.165, 1.54) is 30.8 Å². The molecule has 0 fully saturated rings. The van der Waals surface area contributed by atoms with Crippen molar-refractivity contribution in [2.45, 2.75) is 19.8 Å². The van der Waals surface area contributed by atoms with E-state index in [4.69, 9.17) is 0 Å². The molecule has 0 radical (unpaired) electrons. The second-order valence-electron chi connectivity index (χ2n) is 3.82. The molecule has 0 N–H and O–H groups in total. The van der Waals surface area contributed by atoms with E-state index in [0.717, 1.165) is 6.07 Å². The maximum absolute atomic E-state index is 12.9. The summed E-state index contributed by atoms with van der Waals surface area (Å²) in [5.74, 6) is 0.166. The van der Waals surface area contributed by atoms with Gasteiger partial charge in [0, 0.05) is 11.8 Å². The molecule has 1 aromatic carbocycles. The summed E-state index contributed by atoms with van der Waals surface area (Å²) in [6.07, 6.45) is 0. The van der Waals surface area contributed by atoms with Crippen LogP contribution in [0.5, 0.6) is 0 Å². The van der Waals surface area contributed by atoms with E-state index < -0.39 is 11.6 Å². The van der Waals surface area contributed by atoms with Crippen LogP contribution in [0.1, 0.15) is 25.3 Å². The molecule has 0 heterocycles. The number of halogens is 2. The number of Topliss-reactive ketones (excluding diaryl/α,β-unsaturated/α-hetero) is 1. The second-order valence-corrected chi connectivity index (χ2v) is 4.85. The second kappa shape index (κ2) is 5.99. The van der Waals surface area contributed by atoms with E-state index in [1.54, 1.807) is 0 Å². The van der Waals surface area contributed by atoms with Crippen LogP contribution in [0.3, 0.4) is 0 Å². The standard InChI is InChI=1S/C12H14F2OS/c1-8(6-16-7-9(2)15)10-3-11(13)5-12(14)4-10/h3-5,8H,6-7H2,1-2H3. The summed E-state index contributed by atoms with van der Waals surface area (Å²) in [4.78, 5) is 10.7. The van der Waals surface area contributed by atoms with Crippen LogP contribution >= 0.6 is 11.8 Å². The number of carbonyl (C=O) groups is 1. The molecule has 1 rings (SSSR count). The number of carbonyl (C=O) groups excluding carboxylic acids is 1. The van der Waals surface area contributed by atoms with Crippen molar-refractivity contribution in [3.63, 3.8) is 0 Å². The maximum atomic E-state index is 12.9. The van der Waals surface area contributed by atoms with Crippen LogP contribution in [0.25, 0.3) is 0 Å². The first kappa shape index (κ1) is 13.2. The Labute approximate surface area is 98.2 Å². The largest absolute Gasteiger partial charge is 0.299 e. The molecule has 0 aliphatic rings. The van der Waals surface area contributed by atoms with Gasteiger partial charge >= 0.3 is 0 Å². The minimum Gasteiger partial charge on any atom is -0.299 e. The van der Waals surface area contributed by atoms with Gasteiger partial charge in [-0.25, -0.2) is 8.78 Å². The van der Waals surface area contributed by atoms with Crippen LogP contribution in [0.4, 0.5) is 8.78 Å².